The zero-order chi connectivity index (χ0) is 14.3. The number of ether oxygens (including phenoxy) is 1. The molecule has 3 nitrogen and oxygen atoms in total. The molecular formula is C14H27NO2. The van der Waals surface area contributed by atoms with Crippen LogP contribution in [0.4, 0.5) is 5.69 Å². The van der Waals surface area contributed by atoms with Crippen LogP contribution in [-0.2, 0) is 4.74 Å². The van der Waals surface area contributed by atoms with Gasteiger partial charge in [-0.05, 0) is 12.1 Å². The zero-order valence-electron chi connectivity index (χ0n) is 12.2. The van der Waals surface area contributed by atoms with E-state index in [0.29, 0.717) is 11.3 Å². The van der Waals surface area contributed by atoms with Gasteiger partial charge in [0.2, 0.25) is 0 Å². The second-order valence-corrected chi connectivity index (χ2v) is 2.08. The maximum Gasteiger partial charge on any atom is 0.339 e. The minimum Gasteiger partial charge on any atom is -0.465 e. The number of carbonyl (C=O) groups excluding carboxylic acids is 1. The fraction of sp³-hybridized carbons (Fsp3) is 0.500. The molecule has 1 rings (SSSR count). The molecule has 0 radical (unpaired) electrons. The quantitative estimate of drug-likeness (QED) is 0.594. The fourth-order valence-electron chi connectivity index (χ4n) is 0.793. The van der Waals surface area contributed by atoms with Crippen molar-refractivity contribution in [3.63, 3.8) is 0 Å². The topological polar surface area (TPSA) is 52.3 Å². The molecule has 1 aromatic rings. The first-order chi connectivity index (χ1) is 8.25. The van der Waals surface area contributed by atoms with Gasteiger partial charge in [0.1, 0.15) is 0 Å². The number of benzene rings is 1. The molecule has 100 valence electrons. The average Bonchev–Trinajstić information content (AvgIpc) is 2.45. The molecule has 3 heteroatoms. The van der Waals surface area contributed by atoms with Crippen molar-refractivity contribution in [2.45, 2.75) is 41.5 Å². The predicted molar refractivity (Wildman–Crippen MR) is 76.2 cm³/mol. The number of carbonyl (C=O) groups is 1. The first-order valence-electron chi connectivity index (χ1n) is 6.18. The molecule has 0 aliphatic heterocycles. The number of rotatable bonds is 1. The summed E-state index contributed by atoms with van der Waals surface area (Å²) in [6, 6.07) is 6.79. The standard InChI is InChI=1S/C8H9NO2.3C2H6/c1-11-8(10)6-4-2-3-5-7(6)9;3*1-2/h2-5H,9H2,1H3;3*1-2H3. The van der Waals surface area contributed by atoms with Crippen molar-refractivity contribution in [3.05, 3.63) is 29.8 Å². The highest BCUT2D eigenvalue weighted by Crippen LogP contribution is 2.10. The Hall–Kier alpha value is -1.51. The molecule has 0 amide bonds. The van der Waals surface area contributed by atoms with Gasteiger partial charge in [0.25, 0.3) is 0 Å². The Morgan fingerprint density at radius 2 is 1.41 bits per heavy atom. The lowest BCUT2D eigenvalue weighted by Gasteiger charge is -2.00. The van der Waals surface area contributed by atoms with Crippen molar-refractivity contribution in [1.29, 1.82) is 0 Å². The van der Waals surface area contributed by atoms with Crippen molar-refractivity contribution < 1.29 is 9.53 Å². The van der Waals surface area contributed by atoms with Crippen LogP contribution in [0.25, 0.3) is 0 Å². The minimum atomic E-state index is -0.400. The molecule has 0 atom stereocenters. The SMILES string of the molecule is CC.CC.CC.COC(=O)c1ccccc1N. The Morgan fingerprint density at radius 1 is 1.00 bits per heavy atom. The second-order valence-electron chi connectivity index (χ2n) is 2.08. The summed E-state index contributed by atoms with van der Waals surface area (Å²) in [5.41, 5.74) is 6.35. The largest absolute Gasteiger partial charge is 0.465 e. The summed E-state index contributed by atoms with van der Waals surface area (Å²) in [6.45, 7) is 12.0. The monoisotopic (exact) mass is 241 g/mol. The molecule has 17 heavy (non-hydrogen) atoms. The smallest absolute Gasteiger partial charge is 0.339 e. The number of nitrogen functional groups attached to an aromatic ring is 1. The van der Waals surface area contributed by atoms with Gasteiger partial charge < -0.3 is 10.5 Å². The van der Waals surface area contributed by atoms with E-state index in [-0.39, 0.29) is 0 Å². The third-order valence-electron chi connectivity index (χ3n) is 1.37. The molecule has 0 aromatic heterocycles. The van der Waals surface area contributed by atoms with E-state index in [2.05, 4.69) is 4.74 Å². The maximum absolute atomic E-state index is 10.9. The summed E-state index contributed by atoms with van der Waals surface area (Å²) in [5.74, 6) is -0.400. The Bertz CT molecular complexity index is 273. The number of anilines is 1. The van der Waals surface area contributed by atoms with Crippen LogP contribution >= 0.6 is 0 Å². The summed E-state index contributed by atoms with van der Waals surface area (Å²) >= 11 is 0. The molecule has 0 aliphatic carbocycles. The van der Waals surface area contributed by atoms with Gasteiger partial charge in [0, 0.05) is 5.69 Å². The summed E-state index contributed by atoms with van der Waals surface area (Å²) < 4.78 is 4.50. The van der Waals surface area contributed by atoms with E-state index in [0.717, 1.165) is 0 Å². The van der Waals surface area contributed by atoms with Crippen molar-refractivity contribution in [2.24, 2.45) is 0 Å². The van der Waals surface area contributed by atoms with Gasteiger partial charge in [-0.1, -0.05) is 53.7 Å². The molecule has 0 unspecified atom stereocenters. The first-order valence-corrected chi connectivity index (χ1v) is 6.18. The highest BCUT2D eigenvalue weighted by atomic mass is 16.5. The minimum absolute atomic E-state index is 0.400. The molecule has 0 fully saturated rings. The molecule has 0 aliphatic rings. The van der Waals surface area contributed by atoms with Crippen molar-refractivity contribution in [3.8, 4) is 0 Å². The molecule has 0 spiro atoms. The van der Waals surface area contributed by atoms with E-state index < -0.39 is 5.97 Å². The van der Waals surface area contributed by atoms with Crippen LogP contribution in [0.15, 0.2) is 24.3 Å². The van der Waals surface area contributed by atoms with Gasteiger partial charge in [0.05, 0.1) is 12.7 Å². The number of esters is 1. The maximum atomic E-state index is 10.9. The normalized spacial score (nSPS) is 7.00. The molecular weight excluding hydrogens is 214 g/mol. The van der Waals surface area contributed by atoms with E-state index in [4.69, 9.17) is 5.73 Å². The third kappa shape index (κ3) is 9.42. The number of nitrogens with two attached hydrogens (primary N) is 1. The van der Waals surface area contributed by atoms with Gasteiger partial charge in [-0.25, -0.2) is 4.79 Å². The van der Waals surface area contributed by atoms with Gasteiger partial charge in [-0.15, -0.1) is 0 Å². The van der Waals surface area contributed by atoms with Crippen LogP contribution < -0.4 is 5.73 Å². The van der Waals surface area contributed by atoms with Crippen LogP contribution in [0.5, 0.6) is 0 Å². The van der Waals surface area contributed by atoms with Crippen LogP contribution in [0.1, 0.15) is 51.9 Å². The first kappa shape index (κ1) is 20.8. The van der Waals surface area contributed by atoms with E-state index in [9.17, 15) is 4.79 Å². The zero-order valence-corrected chi connectivity index (χ0v) is 12.2. The van der Waals surface area contributed by atoms with Gasteiger partial charge in [-0.3, -0.25) is 0 Å². The Morgan fingerprint density at radius 3 is 1.76 bits per heavy atom. The molecule has 0 bridgehead atoms. The molecule has 2 N–H and O–H groups in total. The Labute approximate surface area is 106 Å². The summed E-state index contributed by atoms with van der Waals surface area (Å²) in [7, 11) is 1.33. The average molecular weight is 241 g/mol. The van der Waals surface area contributed by atoms with Crippen molar-refractivity contribution in [1.82, 2.24) is 0 Å². The van der Waals surface area contributed by atoms with Crippen molar-refractivity contribution >= 4 is 11.7 Å². The number of para-hydroxylation sites is 1. The van der Waals surface area contributed by atoms with Crippen LogP contribution in [0, 0.1) is 0 Å². The number of methoxy groups -OCH3 is 1. The number of hydrogen-bond acceptors (Lipinski definition) is 3. The van der Waals surface area contributed by atoms with E-state index in [1.165, 1.54) is 7.11 Å². The molecule has 1 aromatic carbocycles. The lowest BCUT2D eigenvalue weighted by molar-refractivity contribution is 0.0602. The number of hydrogen-bond donors (Lipinski definition) is 1. The molecule has 0 saturated heterocycles. The third-order valence-corrected chi connectivity index (χ3v) is 1.37. The second kappa shape index (κ2) is 16.9. The predicted octanol–water partition coefficient (Wildman–Crippen LogP) is 4.13. The highest BCUT2D eigenvalue weighted by molar-refractivity contribution is 5.94. The Kier molecular flexibility index (Phi) is 20.7. The van der Waals surface area contributed by atoms with Crippen LogP contribution in [0.3, 0.4) is 0 Å². The lowest BCUT2D eigenvalue weighted by Crippen LogP contribution is -2.04. The molecule has 0 heterocycles. The van der Waals surface area contributed by atoms with E-state index >= 15 is 0 Å². The van der Waals surface area contributed by atoms with Gasteiger partial charge in [-0.2, -0.15) is 0 Å². The van der Waals surface area contributed by atoms with Crippen LogP contribution in [-0.4, -0.2) is 13.1 Å². The lowest BCUT2D eigenvalue weighted by atomic mass is 10.2. The Balaban J connectivity index is -0.000000285. The van der Waals surface area contributed by atoms with Crippen molar-refractivity contribution in [2.75, 3.05) is 12.8 Å². The highest BCUT2D eigenvalue weighted by Gasteiger charge is 2.06. The van der Waals surface area contributed by atoms with Crippen LogP contribution in [0.2, 0.25) is 0 Å². The summed E-state index contributed by atoms with van der Waals surface area (Å²) in [5, 5.41) is 0. The van der Waals surface area contributed by atoms with E-state index in [1.54, 1.807) is 24.3 Å². The fourth-order valence-corrected chi connectivity index (χ4v) is 0.793. The summed E-state index contributed by atoms with van der Waals surface area (Å²) in [6.07, 6.45) is 0. The summed E-state index contributed by atoms with van der Waals surface area (Å²) in [4.78, 5) is 10.9. The van der Waals surface area contributed by atoms with Gasteiger partial charge >= 0.3 is 5.97 Å². The van der Waals surface area contributed by atoms with Gasteiger partial charge in [0.15, 0.2) is 0 Å². The van der Waals surface area contributed by atoms with E-state index in [1.807, 2.05) is 41.5 Å². The molecule has 0 saturated carbocycles.